The Bertz CT molecular complexity index is 720. The molecule has 23 heavy (non-hydrogen) atoms. The lowest BCUT2D eigenvalue weighted by Gasteiger charge is -2.07. The van der Waals surface area contributed by atoms with E-state index in [0.29, 0.717) is 10.2 Å². The van der Waals surface area contributed by atoms with Crippen LogP contribution >= 0.6 is 23.7 Å². The van der Waals surface area contributed by atoms with Crippen LogP contribution in [0.5, 0.6) is 5.75 Å². The minimum atomic E-state index is -4.77. The Kier molecular flexibility index (Phi) is 6.16. The molecule has 6 nitrogen and oxygen atoms in total. The summed E-state index contributed by atoms with van der Waals surface area (Å²) < 4.78 is 40.7. The normalized spacial score (nSPS) is 10.8. The smallest absolute Gasteiger partial charge is 0.406 e. The largest absolute Gasteiger partial charge is 0.573 e. The molecule has 0 saturated heterocycles. The third-order valence-electron chi connectivity index (χ3n) is 2.34. The van der Waals surface area contributed by atoms with E-state index in [2.05, 4.69) is 20.4 Å². The highest BCUT2D eigenvalue weighted by atomic mass is 35.5. The Morgan fingerprint density at radius 2 is 2.04 bits per heavy atom. The average molecular weight is 370 g/mol. The van der Waals surface area contributed by atoms with E-state index in [1.165, 1.54) is 19.1 Å². The minimum absolute atomic E-state index is 0. The summed E-state index contributed by atoms with van der Waals surface area (Å²) in [5.41, 5.74) is 0.425. The zero-order valence-corrected chi connectivity index (χ0v) is 13.2. The van der Waals surface area contributed by atoms with Crippen LogP contribution in [0.15, 0.2) is 18.2 Å². The van der Waals surface area contributed by atoms with Crippen molar-refractivity contribution < 1.29 is 27.5 Å². The van der Waals surface area contributed by atoms with Crippen molar-refractivity contribution >= 4 is 50.9 Å². The molecule has 1 aromatic carbocycles. The molecule has 0 aliphatic carbocycles. The molecule has 0 fully saturated rings. The van der Waals surface area contributed by atoms with Crippen molar-refractivity contribution in [1.82, 2.24) is 10.3 Å². The molecule has 2 amide bonds. The predicted molar refractivity (Wildman–Crippen MR) is 80.9 cm³/mol. The molecule has 0 saturated carbocycles. The number of benzene rings is 1. The average Bonchev–Trinajstić information content (AvgIpc) is 2.75. The van der Waals surface area contributed by atoms with Crippen LogP contribution in [0.4, 0.5) is 18.3 Å². The lowest BCUT2D eigenvalue weighted by Crippen LogP contribution is -2.31. The van der Waals surface area contributed by atoms with Crippen molar-refractivity contribution in [2.45, 2.75) is 13.3 Å². The van der Waals surface area contributed by atoms with Crippen molar-refractivity contribution in [3.05, 3.63) is 18.2 Å². The maximum absolute atomic E-state index is 12.1. The van der Waals surface area contributed by atoms with Gasteiger partial charge in [0.2, 0.25) is 11.8 Å². The van der Waals surface area contributed by atoms with Crippen molar-refractivity contribution in [1.29, 1.82) is 0 Å². The number of hydrogen-bond donors (Lipinski definition) is 2. The van der Waals surface area contributed by atoms with E-state index < -0.39 is 12.3 Å². The van der Waals surface area contributed by atoms with Crippen molar-refractivity contribution in [3.8, 4) is 5.75 Å². The van der Waals surface area contributed by atoms with Crippen LogP contribution in [0.1, 0.15) is 6.92 Å². The molecule has 2 aromatic rings. The Morgan fingerprint density at radius 1 is 1.35 bits per heavy atom. The molecule has 1 heterocycles. The summed E-state index contributed by atoms with van der Waals surface area (Å²) in [6.45, 7) is 1.06. The number of carbonyl (C=O) groups is 2. The standard InChI is InChI=1S/C12H10F3N3O3S.ClH/c1-6(19)16-5-10(20)18-11-17-8-3-2-7(4-9(8)22-11)21-12(13,14)15;/h2-4H,5H2,1H3,(H,16,19)(H,17,18,20);1H. The fourth-order valence-corrected chi connectivity index (χ4v) is 2.43. The number of aromatic nitrogens is 1. The zero-order valence-electron chi connectivity index (χ0n) is 11.6. The van der Waals surface area contributed by atoms with Gasteiger partial charge >= 0.3 is 6.36 Å². The number of ether oxygens (including phenoxy) is 1. The first kappa shape index (κ1) is 19.0. The number of anilines is 1. The van der Waals surface area contributed by atoms with Gasteiger partial charge in [-0.1, -0.05) is 11.3 Å². The number of rotatable bonds is 4. The van der Waals surface area contributed by atoms with Crippen molar-refractivity contribution in [2.75, 3.05) is 11.9 Å². The Labute approximate surface area is 138 Å². The molecule has 0 spiro atoms. The number of amides is 2. The van der Waals surface area contributed by atoms with E-state index in [-0.39, 0.29) is 35.7 Å². The molecular weight excluding hydrogens is 359 g/mol. The maximum Gasteiger partial charge on any atom is 0.573 e. The summed E-state index contributed by atoms with van der Waals surface area (Å²) >= 11 is 0.997. The molecule has 11 heteroatoms. The van der Waals surface area contributed by atoms with Crippen molar-refractivity contribution in [3.63, 3.8) is 0 Å². The second kappa shape index (κ2) is 7.47. The van der Waals surface area contributed by atoms with Gasteiger partial charge in [0, 0.05) is 13.0 Å². The molecule has 126 valence electrons. The highest BCUT2D eigenvalue weighted by Crippen LogP contribution is 2.31. The third-order valence-corrected chi connectivity index (χ3v) is 3.27. The van der Waals surface area contributed by atoms with Crippen LogP contribution in [0, 0.1) is 0 Å². The summed E-state index contributed by atoms with van der Waals surface area (Å²) in [7, 11) is 0. The summed E-state index contributed by atoms with van der Waals surface area (Å²) in [6.07, 6.45) is -4.77. The number of nitrogens with one attached hydrogen (secondary N) is 2. The highest BCUT2D eigenvalue weighted by Gasteiger charge is 2.31. The van der Waals surface area contributed by atoms with Gasteiger partial charge in [0.1, 0.15) is 5.75 Å². The lowest BCUT2D eigenvalue weighted by molar-refractivity contribution is -0.274. The van der Waals surface area contributed by atoms with Crippen LogP contribution in [-0.2, 0) is 9.59 Å². The second-order valence-electron chi connectivity index (χ2n) is 4.15. The fraction of sp³-hybridized carbons (Fsp3) is 0.250. The second-order valence-corrected chi connectivity index (χ2v) is 5.18. The Hall–Kier alpha value is -2.07. The fourth-order valence-electron chi connectivity index (χ4n) is 1.52. The number of thiazole rings is 1. The van der Waals surface area contributed by atoms with Gasteiger partial charge in [-0.25, -0.2) is 4.98 Å². The number of hydrogen-bond acceptors (Lipinski definition) is 5. The zero-order chi connectivity index (χ0) is 16.3. The summed E-state index contributed by atoms with van der Waals surface area (Å²) in [5.74, 6) is -1.20. The molecule has 0 radical (unpaired) electrons. The monoisotopic (exact) mass is 369 g/mol. The predicted octanol–water partition coefficient (Wildman–Crippen LogP) is 2.69. The van der Waals surface area contributed by atoms with E-state index in [9.17, 15) is 22.8 Å². The van der Waals surface area contributed by atoms with E-state index in [0.717, 1.165) is 17.4 Å². The number of alkyl halides is 3. The van der Waals surface area contributed by atoms with Crippen LogP contribution in [0.2, 0.25) is 0 Å². The lowest BCUT2D eigenvalue weighted by atomic mass is 10.3. The number of carbonyl (C=O) groups excluding carboxylic acids is 2. The molecule has 2 rings (SSSR count). The highest BCUT2D eigenvalue weighted by molar-refractivity contribution is 7.22. The number of fused-ring (bicyclic) bond motifs is 1. The van der Waals surface area contributed by atoms with E-state index in [4.69, 9.17) is 0 Å². The van der Waals surface area contributed by atoms with Gasteiger partial charge in [0.15, 0.2) is 5.13 Å². The maximum atomic E-state index is 12.1. The molecular formula is C12H11ClF3N3O3S. The first-order chi connectivity index (χ1) is 10.2. The van der Waals surface area contributed by atoms with Gasteiger partial charge in [0.05, 0.1) is 16.8 Å². The summed E-state index contributed by atoms with van der Waals surface area (Å²) in [5, 5.41) is 4.98. The molecule has 2 N–H and O–H groups in total. The van der Waals surface area contributed by atoms with Gasteiger partial charge < -0.3 is 15.4 Å². The molecule has 1 aromatic heterocycles. The topological polar surface area (TPSA) is 80.3 Å². The van der Waals surface area contributed by atoms with Crippen LogP contribution in [-0.4, -0.2) is 29.7 Å². The minimum Gasteiger partial charge on any atom is -0.406 e. The Morgan fingerprint density at radius 3 is 2.65 bits per heavy atom. The third kappa shape index (κ3) is 5.91. The molecule has 0 aliphatic heterocycles. The summed E-state index contributed by atoms with van der Waals surface area (Å²) in [4.78, 5) is 26.3. The number of halogens is 4. The van der Waals surface area contributed by atoms with E-state index >= 15 is 0 Å². The van der Waals surface area contributed by atoms with Gasteiger partial charge in [-0.3, -0.25) is 9.59 Å². The molecule has 0 aliphatic rings. The molecule has 0 bridgehead atoms. The first-order valence-corrected chi connectivity index (χ1v) is 6.75. The summed E-state index contributed by atoms with van der Waals surface area (Å²) in [6, 6.07) is 3.68. The Balaban J connectivity index is 0.00000264. The molecule has 0 atom stereocenters. The van der Waals surface area contributed by atoms with Gasteiger partial charge in [-0.15, -0.1) is 25.6 Å². The SMILES string of the molecule is CC(=O)NCC(=O)Nc1nc2ccc(OC(F)(F)F)cc2s1.Cl. The van der Waals surface area contributed by atoms with E-state index in [1.54, 1.807) is 0 Å². The van der Waals surface area contributed by atoms with Gasteiger partial charge in [0.25, 0.3) is 0 Å². The van der Waals surface area contributed by atoms with E-state index in [1.807, 2.05) is 0 Å². The quantitative estimate of drug-likeness (QED) is 0.868. The van der Waals surface area contributed by atoms with Gasteiger partial charge in [-0.2, -0.15) is 0 Å². The molecule has 0 unspecified atom stereocenters. The first-order valence-electron chi connectivity index (χ1n) is 5.93. The van der Waals surface area contributed by atoms with Crippen molar-refractivity contribution in [2.24, 2.45) is 0 Å². The van der Waals surface area contributed by atoms with Crippen LogP contribution < -0.4 is 15.4 Å². The van der Waals surface area contributed by atoms with Crippen LogP contribution in [0.3, 0.4) is 0 Å². The van der Waals surface area contributed by atoms with Gasteiger partial charge in [-0.05, 0) is 12.1 Å². The number of nitrogens with zero attached hydrogens (tertiary/aromatic N) is 1. The van der Waals surface area contributed by atoms with Crippen LogP contribution in [0.25, 0.3) is 10.2 Å².